The van der Waals surface area contributed by atoms with Crippen molar-refractivity contribution in [2.24, 2.45) is 5.41 Å². The van der Waals surface area contributed by atoms with E-state index in [0.29, 0.717) is 28.1 Å². The van der Waals surface area contributed by atoms with Gasteiger partial charge in [0.15, 0.2) is 6.10 Å². The Balaban J connectivity index is 2.30. The number of carbonyl (C=O) groups is 1. The zero-order chi connectivity index (χ0) is 24.6. The van der Waals surface area contributed by atoms with Crippen molar-refractivity contribution in [1.82, 2.24) is 4.98 Å². The van der Waals surface area contributed by atoms with Crippen molar-refractivity contribution in [2.75, 3.05) is 25.1 Å². The minimum atomic E-state index is -1.22. The van der Waals surface area contributed by atoms with E-state index in [4.69, 9.17) is 9.47 Å². The Morgan fingerprint density at radius 1 is 1.21 bits per heavy atom. The van der Waals surface area contributed by atoms with Gasteiger partial charge in [-0.3, -0.25) is 4.98 Å². The SMILES string of the molecule is COc1ccc(F)cc1-c1cnc(C)c([C@H](OC(C)(C)C)C(=O)O)c1N1CCC(C)(C)CC1. The minimum absolute atomic E-state index is 0.198. The number of rotatable bonds is 6. The van der Waals surface area contributed by atoms with Crippen molar-refractivity contribution >= 4 is 11.7 Å². The average Bonchev–Trinajstić information content (AvgIpc) is 2.71. The maximum absolute atomic E-state index is 14.3. The number of aromatic nitrogens is 1. The summed E-state index contributed by atoms with van der Waals surface area (Å²) in [6, 6.07) is 4.33. The summed E-state index contributed by atoms with van der Waals surface area (Å²) in [4.78, 5) is 19.2. The van der Waals surface area contributed by atoms with Gasteiger partial charge in [-0.1, -0.05) is 13.8 Å². The Morgan fingerprint density at radius 2 is 1.85 bits per heavy atom. The molecule has 1 aromatic carbocycles. The number of aliphatic carboxylic acids is 1. The lowest BCUT2D eigenvalue weighted by molar-refractivity contribution is -0.160. The third-order valence-corrected chi connectivity index (χ3v) is 6.13. The molecule has 1 fully saturated rings. The second-order valence-corrected chi connectivity index (χ2v) is 10.5. The van der Waals surface area contributed by atoms with Crippen molar-refractivity contribution in [3.8, 4) is 16.9 Å². The average molecular weight is 459 g/mol. The molecule has 2 aromatic rings. The third kappa shape index (κ3) is 5.64. The standard InChI is InChI=1S/C26H35FN2O4/c1-16-21(23(24(30)31)33-25(2,3)4)22(29-12-10-26(5,6)11-13-29)19(15-28-16)18-14-17(27)8-9-20(18)32-7/h8-9,14-15,23H,10-13H2,1-7H3,(H,30,31)/t23-/m0/s1. The smallest absolute Gasteiger partial charge is 0.337 e. The molecule has 1 N–H and O–H groups in total. The number of carboxylic acid groups (broad SMARTS) is 1. The van der Waals surface area contributed by atoms with Crippen LogP contribution in [0, 0.1) is 18.2 Å². The lowest BCUT2D eigenvalue weighted by Crippen LogP contribution is -2.39. The van der Waals surface area contributed by atoms with Crippen LogP contribution in [-0.4, -0.2) is 41.9 Å². The van der Waals surface area contributed by atoms with Gasteiger partial charge in [-0.05, 0) is 64.2 Å². The molecule has 2 heterocycles. The summed E-state index contributed by atoms with van der Waals surface area (Å²) in [7, 11) is 1.53. The molecule has 3 rings (SSSR count). The number of methoxy groups -OCH3 is 1. The van der Waals surface area contributed by atoms with Crippen LogP contribution in [0.15, 0.2) is 24.4 Å². The molecular formula is C26H35FN2O4. The number of hydrogen-bond acceptors (Lipinski definition) is 5. The van der Waals surface area contributed by atoms with Gasteiger partial charge < -0.3 is 19.5 Å². The van der Waals surface area contributed by atoms with Crippen molar-refractivity contribution < 1.29 is 23.8 Å². The van der Waals surface area contributed by atoms with Crippen LogP contribution in [0.4, 0.5) is 10.1 Å². The summed E-state index contributed by atoms with van der Waals surface area (Å²) in [5.74, 6) is -0.994. The minimum Gasteiger partial charge on any atom is -0.496 e. The second-order valence-electron chi connectivity index (χ2n) is 10.5. The summed E-state index contributed by atoms with van der Waals surface area (Å²) in [5.41, 5.74) is 2.47. The summed E-state index contributed by atoms with van der Waals surface area (Å²) in [6.45, 7) is 13.2. The van der Waals surface area contributed by atoms with E-state index in [2.05, 4.69) is 23.7 Å². The largest absolute Gasteiger partial charge is 0.496 e. The molecule has 0 amide bonds. The van der Waals surface area contributed by atoms with Gasteiger partial charge in [0, 0.05) is 41.7 Å². The maximum atomic E-state index is 14.3. The molecule has 0 aliphatic carbocycles. The fourth-order valence-corrected chi connectivity index (χ4v) is 4.27. The molecular weight excluding hydrogens is 423 g/mol. The maximum Gasteiger partial charge on any atom is 0.337 e. The van der Waals surface area contributed by atoms with Gasteiger partial charge in [0.2, 0.25) is 0 Å². The fraction of sp³-hybridized carbons (Fsp3) is 0.538. The van der Waals surface area contributed by atoms with Crippen LogP contribution in [0.25, 0.3) is 11.1 Å². The van der Waals surface area contributed by atoms with E-state index in [1.165, 1.54) is 19.2 Å². The van der Waals surface area contributed by atoms with E-state index < -0.39 is 23.5 Å². The number of halogens is 1. The molecule has 0 bridgehead atoms. The first-order valence-electron chi connectivity index (χ1n) is 11.3. The van der Waals surface area contributed by atoms with Gasteiger partial charge in [0.1, 0.15) is 11.6 Å². The highest BCUT2D eigenvalue weighted by atomic mass is 19.1. The molecule has 7 heteroatoms. The van der Waals surface area contributed by atoms with Crippen LogP contribution in [0.1, 0.15) is 64.8 Å². The summed E-state index contributed by atoms with van der Waals surface area (Å²) < 4.78 is 25.9. The monoisotopic (exact) mass is 458 g/mol. The van der Waals surface area contributed by atoms with Crippen LogP contribution in [-0.2, 0) is 9.53 Å². The molecule has 33 heavy (non-hydrogen) atoms. The number of benzene rings is 1. The third-order valence-electron chi connectivity index (χ3n) is 6.13. The van der Waals surface area contributed by atoms with E-state index >= 15 is 0 Å². The second kappa shape index (κ2) is 9.29. The Kier molecular flexibility index (Phi) is 7.03. The Morgan fingerprint density at radius 3 is 2.39 bits per heavy atom. The molecule has 6 nitrogen and oxygen atoms in total. The van der Waals surface area contributed by atoms with E-state index in [1.807, 2.05) is 20.8 Å². The van der Waals surface area contributed by atoms with Crippen molar-refractivity contribution in [2.45, 2.75) is 66.1 Å². The van der Waals surface area contributed by atoms with Crippen LogP contribution in [0.2, 0.25) is 0 Å². The van der Waals surface area contributed by atoms with Crippen molar-refractivity contribution in [3.63, 3.8) is 0 Å². The molecule has 1 saturated heterocycles. The van der Waals surface area contributed by atoms with Crippen molar-refractivity contribution in [3.05, 3.63) is 41.5 Å². The predicted octanol–water partition coefficient (Wildman–Crippen LogP) is 5.77. The number of ether oxygens (including phenoxy) is 2. The lowest BCUT2D eigenvalue weighted by atomic mass is 9.82. The summed E-state index contributed by atoms with van der Waals surface area (Å²) in [6.07, 6.45) is 2.36. The predicted molar refractivity (Wildman–Crippen MR) is 127 cm³/mol. The highest BCUT2D eigenvalue weighted by molar-refractivity contribution is 5.88. The highest BCUT2D eigenvalue weighted by Crippen LogP contribution is 2.45. The van der Waals surface area contributed by atoms with Crippen LogP contribution < -0.4 is 9.64 Å². The number of piperidine rings is 1. The number of pyridine rings is 1. The van der Waals surface area contributed by atoms with E-state index in [9.17, 15) is 14.3 Å². The number of anilines is 1. The first kappa shape index (κ1) is 25.0. The molecule has 1 atom stereocenters. The van der Waals surface area contributed by atoms with Gasteiger partial charge >= 0.3 is 5.97 Å². The molecule has 1 aliphatic heterocycles. The Hall–Kier alpha value is -2.67. The normalized spacial score (nSPS) is 17.0. The number of carboxylic acids is 1. The van der Waals surface area contributed by atoms with Gasteiger partial charge in [0.05, 0.1) is 18.4 Å². The molecule has 0 spiro atoms. The molecule has 0 saturated carbocycles. The van der Waals surface area contributed by atoms with Gasteiger partial charge in [-0.2, -0.15) is 0 Å². The van der Waals surface area contributed by atoms with Crippen LogP contribution in [0.3, 0.4) is 0 Å². The first-order chi connectivity index (χ1) is 15.3. The number of aryl methyl sites for hydroxylation is 1. The molecule has 180 valence electrons. The topological polar surface area (TPSA) is 71.9 Å². The van der Waals surface area contributed by atoms with E-state index in [-0.39, 0.29) is 5.41 Å². The van der Waals surface area contributed by atoms with Crippen LogP contribution >= 0.6 is 0 Å². The van der Waals surface area contributed by atoms with E-state index in [0.717, 1.165) is 31.6 Å². The van der Waals surface area contributed by atoms with Crippen molar-refractivity contribution in [1.29, 1.82) is 0 Å². The molecule has 1 aromatic heterocycles. The zero-order valence-electron chi connectivity index (χ0n) is 20.7. The Bertz CT molecular complexity index is 1020. The molecule has 0 unspecified atom stereocenters. The zero-order valence-corrected chi connectivity index (χ0v) is 20.7. The fourth-order valence-electron chi connectivity index (χ4n) is 4.27. The Labute approximate surface area is 195 Å². The number of nitrogens with zero attached hydrogens (tertiary/aromatic N) is 2. The quantitative estimate of drug-likeness (QED) is 0.592. The van der Waals surface area contributed by atoms with Gasteiger partial charge in [-0.15, -0.1) is 0 Å². The summed E-state index contributed by atoms with van der Waals surface area (Å²) >= 11 is 0. The van der Waals surface area contributed by atoms with Crippen LogP contribution in [0.5, 0.6) is 5.75 Å². The van der Waals surface area contributed by atoms with E-state index in [1.54, 1.807) is 19.2 Å². The highest BCUT2D eigenvalue weighted by Gasteiger charge is 2.36. The van der Waals surface area contributed by atoms with Gasteiger partial charge in [-0.25, -0.2) is 9.18 Å². The van der Waals surface area contributed by atoms with Gasteiger partial charge in [0.25, 0.3) is 0 Å². The molecule has 0 radical (unpaired) electrons. The number of hydrogen-bond donors (Lipinski definition) is 1. The lowest BCUT2D eigenvalue weighted by Gasteiger charge is -2.41. The first-order valence-corrected chi connectivity index (χ1v) is 11.3. The summed E-state index contributed by atoms with van der Waals surface area (Å²) in [5, 5.41) is 10.2. The molecule has 1 aliphatic rings.